The first kappa shape index (κ1) is 12.6. The van der Waals surface area contributed by atoms with Crippen LogP contribution in [-0.2, 0) is 6.54 Å². The van der Waals surface area contributed by atoms with Gasteiger partial charge in [-0.3, -0.25) is 0 Å². The lowest BCUT2D eigenvalue weighted by Gasteiger charge is -2.10. The lowest BCUT2D eigenvalue weighted by atomic mass is 10.2. The van der Waals surface area contributed by atoms with Gasteiger partial charge in [-0.25, -0.2) is 0 Å². The second kappa shape index (κ2) is 7.78. The average Bonchev–Trinajstić information content (AvgIpc) is 2.33. The molecule has 0 spiro atoms. The molecule has 1 aromatic rings. The number of hydrogen-bond acceptors (Lipinski definition) is 2. The van der Waals surface area contributed by atoms with Crippen molar-refractivity contribution in [1.29, 1.82) is 0 Å². The summed E-state index contributed by atoms with van der Waals surface area (Å²) in [7, 11) is 0. The Morgan fingerprint density at radius 2 is 2.12 bits per heavy atom. The van der Waals surface area contributed by atoms with Crippen molar-refractivity contribution < 1.29 is 4.74 Å². The van der Waals surface area contributed by atoms with Crippen LogP contribution < -0.4 is 10.1 Å². The predicted octanol–water partition coefficient (Wildman–Crippen LogP) is 2.59. The Hall–Kier alpha value is -1.46. The molecule has 0 unspecified atom stereocenters. The lowest BCUT2D eigenvalue weighted by molar-refractivity contribution is 0.323. The molecule has 1 N–H and O–H groups in total. The zero-order valence-electron chi connectivity index (χ0n) is 10.0. The number of para-hydroxylation sites is 1. The third-order valence-corrected chi connectivity index (χ3v) is 2.20. The highest BCUT2D eigenvalue weighted by molar-refractivity contribution is 5.33. The van der Waals surface area contributed by atoms with E-state index in [2.05, 4.69) is 30.1 Å². The average molecular weight is 217 g/mol. The van der Waals surface area contributed by atoms with Gasteiger partial charge in [-0.2, -0.15) is 0 Å². The van der Waals surface area contributed by atoms with E-state index in [9.17, 15) is 0 Å². The summed E-state index contributed by atoms with van der Waals surface area (Å²) in [6.07, 6.45) is 0.784. The number of nitrogens with one attached hydrogen (secondary N) is 1. The predicted molar refractivity (Wildman–Crippen MR) is 67.4 cm³/mol. The zero-order chi connectivity index (χ0) is 11.6. The fourth-order valence-corrected chi connectivity index (χ4v) is 1.39. The highest BCUT2D eigenvalue weighted by Gasteiger charge is 2.00. The van der Waals surface area contributed by atoms with Crippen molar-refractivity contribution in [3.63, 3.8) is 0 Å². The van der Waals surface area contributed by atoms with Gasteiger partial charge in [-0.1, -0.05) is 25.1 Å². The molecule has 1 rings (SSSR count). The van der Waals surface area contributed by atoms with Gasteiger partial charge in [0, 0.05) is 18.5 Å². The molecule has 86 valence electrons. The van der Waals surface area contributed by atoms with Crippen LogP contribution in [0.1, 0.15) is 25.8 Å². The van der Waals surface area contributed by atoms with Crippen molar-refractivity contribution in [2.75, 3.05) is 13.2 Å². The summed E-state index contributed by atoms with van der Waals surface area (Å²) in [6.45, 7) is 6.42. The molecule has 0 atom stereocenters. The summed E-state index contributed by atoms with van der Waals surface area (Å²) in [5.41, 5.74) is 1.20. The molecule has 0 saturated carbocycles. The van der Waals surface area contributed by atoms with Crippen LogP contribution in [0.2, 0.25) is 0 Å². The molecular weight excluding hydrogens is 198 g/mol. The van der Waals surface area contributed by atoms with Crippen molar-refractivity contribution >= 4 is 0 Å². The Kier molecular flexibility index (Phi) is 6.13. The monoisotopic (exact) mass is 217 g/mol. The van der Waals surface area contributed by atoms with Crippen molar-refractivity contribution in [2.24, 2.45) is 0 Å². The summed E-state index contributed by atoms with van der Waals surface area (Å²) in [5.74, 6) is 6.81. The lowest BCUT2D eigenvalue weighted by Crippen LogP contribution is -2.13. The van der Waals surface area contributed by atoms with Crippen LogP contribution >= 0.6 is 0 Å². The van der Waals surface area contributed by atoms with Crippen LogP contribution in [-0.4, -0.2) is 13.2 Å². The van der Waals surface area contributed by atoms with E-state index < -0.39 is 0 Å². The van der Waals surface area contributed by atoms with Crippen LogP contribution in [0.5, 0.6) is 5.75 Å². The van der Waals surface area contributed by atoms with Gasteiger partial charge in [0.1, 0.15) is 5.75 Å². The van der Waals surface area contributed by atoms with Gasteiger partial charge in [0.15, 0.2) is 0 Å². The fourth-order valence-electron chi connectivity index (χ4n) is 1.39. The van der Waals surface area contributed by atoms with Gasteiger partial charge in [-0.05, 0) is 19.5 Å². The summed E-state index contributed by atoms with van der Waals surface area (Å²) in [4.78, 5) is 0. The minimum Gasteiger partial charge on any atom is -0.492 e. The Labute approximate surface area is 98.0 Å². The molecule has 0 aliphatic heterocycles. The van der Waals surface area contributed by atoms with Crippen molar-refractivity contribution in [2.45, 2.75) is 26.8 Å². The van der Waals surface area contributed by atoms with E-state index in [-0.39, 0.29) is 0 Å². The minimum absolute atomic E-state index is 0.657. The number of hydrogen-bond donors (Lipinski definition) is 1. The maximum absolute atomic E-state index is 5.69. The highest BCUT2D eigenvalue weighted by atomic mass is 16.5. The van der Waals surface area contributed by atoms with Crippen LogP contribution in [0.3, 0.4) is 0 Å². The van der Waals surface area contributed by atoms with E-state index in [1.165, 1.54) is 5.56 Å². The first-order valence-corrected chi connectivity index (χ1v) is 5.69. The van der Waals surface area contributed by atoms with Crippen molar-refractivity contribution in [3.8, 4) is 17.6 Å². The number of benzene rings is 1. The largest absolute Gasteiger partial charge is 0.492 e. The smallest absolute Gasteiger partial charge is 0.123 e. The Bertz CT molecular complexity index is 362. The second-order valence-corrected chi connectivity index (χ2v) is 3.41. The van der Waals surface area contributed by atoms with E-state index in [1.54, 1.807) is 0 Å². The highest BCUT2D eigenvalue weighted by Crippen LogP contribution is 2.17. The summed E-state index contributed by atoms with van der Waals surface area (Å²) < 4.78 is 5.69. The van der Waals surface area contributed by atoms with Gasteiger partial charge in [0.2, 0.25) is 0 Å². The van der Waals surface area contributed by atoms with Crippen LogP contribution in [0.4, 0.5) is 0 Å². The van der Waals surface area contributed by atoms with Crippen LogP contribution in [0, 0.1) is 11.8 Å². The van der Waals surface area contributed by atoms with E-state index >= 15 is 0 Å². The van der Waals surface area contributed by atoms with Crippen LogP contribution in [0.25, 0.3) is 0 Å². The van der Waals surface area contributed by atoms with Gasteiger partial charge < -0.3 is 10.1 Å². The standard InChI is InChI=1S/C14H19NO/c1-3-5-8-11-16-14-10-7-6-9-13(14)12-15-4-2/h6-7,9-10,15H,4,8,11-12H2,1-2H3. The summed E-state index contributed by atoms with van der Waals surface area (Å²) in [5, 5.41) is 3.30. The minimum atomic E-state index is 0.657. The molecule has 0 bridgehead atoms. The molecule has 0 fully saturated rings. The molecule has 0 saturated heterocycles. The first-order chi connectivity index (χ1) is 7.88. The zero-order valence-corrected chi connectivity index (χ0v) is 10.0. The molecule has 0 aliphatic rings. The topological polar surface area (TPSA) is 21.3 Å². The molecule has 0 amide bonds. The number of rotatable bonds is 6. The molecule has 0 heterocycles. The van der Waals surface area contributed by atoms with E-state index in [0.717, 1.165) is 25.3 Å². The van der Waals surface area contributed by atoms with E-state index in [1.807, 2.05) is 25.1 Å². The van der Waals surface area contributed by atoms with Crippen molar-refractivity contribution in [3.05, 3.63) is 29.8 Å². The normalized spacial score (nSPS) is 9.38. The van der Waals surface area contributed by atoms with Gasteiger partial charge in [0.25, 0.3) is 0 Å². The van der Waals surface area contributed by atoms with Gasteiger partial charge in [0.05, 0.1) is 6.61 Å². The Morgan fingerprint density at radius 1 is 1.31 bits per heavy atom. The summed E-state index contributed by atoms with van der Waals surface area (Å²) in [6, 6.07) is 8.12. The molecule has 16 heavy (non-hydrogen) atoms. The maximum atomic E-state index is 5.69. The third kappa shape index (κ3) is 4.37. The Balaban J connectivity index is 2.51. The molecular formula is C14H19NO. The first-order valence-electron chi connectivity index (χ1n) is 5.69. The second-order valence-electron chi connectivity index (χ2n) is 3.41. The quantitative estimate of drug-likeness (QED) is 0.584. The van der Waals surface area contributed by atoms with E-state index in [0.29, 0.717) is 6.61 Å². The third-order valence-electron chi connectivity index (χ3n) is 2.20. The number of ether oxygens (including phenoxy) is 1. The van der Waals surface area contributed by atoms with Crippen LogP contribution in [0.15, 0.2) is 24.3 Å². The molecule has 0 aliphatic carbocycles. The SMILES string of the molecule is CC#CCCOc1ccccc1CNCC. The van der Waals surface area contributed by atoms with Crippen molar-refractivity contribution in [1.82, 2.24) is 5.32 Å². The maximum Gasteiger partial charge on any atom is 0.123 e. The van der Waals surface area contributed by atoms with Gasteiger partial charge in [-0.15, -0.1) is 11.8 Å². The molecule has 2 nitrogen and oxygen atoms in total. The molecule has 0 radical (unpaired) electrons. The van der Waals surface area contributed by atoms with E-state index in [4.69, 9.17) is 4.74 Å². The van der Waals surface area contributed by atoms with Gasteiger partial charge >= 0.3 is 0 Å². The fraction of sp³-hybridized carbons (Fsp3) is 0.429. The molecule has 2 heteroatoms. The molecule has 1 aromatic carbocycles. The Morgan fingerprint density at radius 3 is 2.88 bits per heavy atom. The molecule has 0 aromatic heterocycles. The summed E-state index contributed by atoms with van der Waals surface area (Å²) >= 11 is 0.